The fourth-order valence-corrected chi connectivity index (χ4v) is 2.34. The van der Waals surface area contributed by atoms with Gasteiger partial charge in [-0.1, -0.05) is 53.5 Å². The van der Waals surface area contributed by atoms with Gasteiger partial charge in [0.25, 0.3) is 0 Å². The molecule has 0 aliphatic carbocycles. The SMILES string of the molecule is Clc1cccc(/C=N/Nc2cccc3cccnc23)c1Cl. The summed E-state index contributed by atoms with van der Waals surface area (Å²) in [7, 11) is 0. The van der Waals surface area contributed by atoms with Gasteiger partial charge in [-0.3, -0.25) is 10.4 Å². The lowest BCUT2D eigenvalue weighted by Crippen LogP contribution is -1.93. The molecule has 0 spiro atoms. The van der Waals surface area contributed by atoms with E-state index in [0.717, 1.165) is 22.2 Å². The first-order chi connectivity index (χ1) is 10.3. The summed E-state index contributed by atoms with van der Waals surface area (Å²) < 4.78 is 0. The number of anilines is 1. The molecule has 0 aliphatic heterocycles. The number of nitrogens with zero attached hydrogens (tertiary/aromatic N) is 2. The molecule has 3 rings (SSSR count). The average Bonchev–Trinajstić information content (AvgIpc) is 2.52. The average molecular weight is 316 g/mol. The Balaban J connectivity index is 1.86. The second-order valence-electron chi connectivity index (χ2n) is 4.39. The Kier molecular flexibility index (Phi) is 4.04. The van der Waals surface area contributed by atoms with Gasteiger partial charge in [-0.15, -0.1) is 0 Å². The van der Waals surface area contributed by atoms with E-state index in [2.05, 4.69) is 15.5 Å². The van der Waals surface area contributed by atoms with Gasteiger partial charge in [0.05, 0.1) is 27.5 Å². The quantitative estimate of drug-likeness (QED) is 0.546. The van der Waals surface area contributed by atoms with Gasteiger partial charge >= 0.3 is 0 Å². The van der Waals surface area contributed by atoms with E-state index in [9.17, 15) is 0 Å². The van der Waals surface area contributed by atoms with Crippen molar-refractivity contribution in [3.05, 3.63) is 70.3 Å². The van der Waals surface area contributed by atoms with Crippen LogP contribution in [0.4, 0.5) is 5.69 Å². The smallest absolute Gasteiger partial charge is 0.0951 e. The highest BCUT2D eigenvalue weighted by atomic mass is 35.5. The summed E-state index contributed by atoms with van der Waals surface area (Å²) in [6.45, 7) is 0. The van der Waals surface area contributed by atoms with Crippen LogP contribution in [0.1, 0.15) is 5.56 Å². The lowest BCUT2D eigenvalue weighted by atomic mass is 10.2. The Morgan fingerprint density at radius 1 is 1.00 bits per heavy atom. The number of rotatable bonds is 3. The van der Waals surface area contributed by atoms with Crippen LogP contribution in [0, 0.1) is 0 Å². The minimum atomic E-state index is 0.487. The second kappa shape index (κ2) is 6.12. The molecule has 0 saturated carbocycles. The van der Waals surface area contributed by atoms with Crippen molar-refractivity contribution in [3.63, 3.8) is 0 Å². The van der Waals surface area contributed by atoms with Crippen LogP contribution in [0.2, 0.25) is 10.0 Å². The first-order valence-corrected chi connectivity index (χ1v) is 7.08. The Hall–Kier alpha value is -2.10. The van der Waals surface area contributed by atoms with Crippen LogP contribution in [0.15, 0.2) is 59.8 Å². The highest BCUT2D eigenvalue weighted by Gasteiger charge is 2.02. The number of nitrogens with one attached hydrogen (secondary N) is 1. The lowest BCUT2D eigenvalue weighted by molar-refractivity contribution is 1.33. The molecule has 5 heteroatoms. The summed E-state index contributed by atoms with van der Waals surface area (Å²) in [6.07, 6.45) is 3.39. The molecular weight excluding hydrogens is 305 g/mol. The van der Waals surface area contributed by atoms with Crippen LogP contribution in [0.3, 0.4) is 0 Å². The molecule has 0 amide bonds. The van der Waals surface area contributed by atoms with Gasteiger partial charge in [0, 0.05) is 17.1 Å². The fourth-order valence-electron chi connectivity index (χ4n) is 1.99. The molecule has 0 radical (unpaired) electrons. The molecule has 0 atom stereocenters. The van der Waals surface area contributed by atoms with Crippen molar-refractivity contribution in [1.29, 1.82) is 0 Å². The molecule has 21 heavy (non-hydrogen) atoms. The standard InChI is InChI=1S/C16H11Cl2N3/c17-13-7-1-5-12(15(13)18)10-20-21-14-8-2-4-11-6-3-9-19-16(11)14/h1-10,21H/b20-10+. The predicted molar refractivity (Wildman–Crippen MR) is 89.4 cm³/mol. The molecule has 0 unspecified atom stereocenters. The molecular formula is C16H11Cl2N3. The van der Waals surface area contributed by atoms with Crippen LogP contribution in [0.5, 0.6) is 0 Å². The number of hydrogen-bond donors (Lipinski definition) is 1. The Bertz CT molecular complexity index is 810. The highest BCUT2D eigenvalue weighted by molar-refractivity contribution is 6.43. The molecule has 0 fully saturated rings. The van der Waals surface area contributed by atoms with Gasteiger partial charge in [-0.25, -0.2) is 0 Å². The number of para-hydroxylation sites is 1. The highest BCUT2D eigenvalue weighted by Crippen LogP contribution is 2.24. The molecule has 0 saturated heterocycles. The number of hydrogen-bond acceptors (Lipinski definition) is 3. The van der Waals surface area contributed by atoms with Crippen molar-refractivity contribution in [2.24, 2.45) is 5.10 Å². The largest absolute Gasteiger partial charge is 0.276 e. The van der Waals surface area contributed by atoms with E-state index >= 15 is 0 Å². The van der Waals surface area contributed by atoms with Crippen LogP contribution < -0.4 is 5.43 Å². The number of fused-ring (bicyclic) bond motifs is 1. The number of aromatic nitrogens is 1. The van der Waals surface area contributed by atoms with Crippen molar-refractivity contribution < 1.29 is 0 Å². The van der Waals surface area contributed by atoms with Crippen LogP contribution in [-0.2, 0) is 0 Å². The first-order valence-electron chi connectivity index (χ1n) is 6.32. The van der Waals surface area contributed by atoms with Crippen molar-refractivity contribution in [1.82, 2.24) is 4.98 Å². The Labute approximate surface area is 132 Å². The predicted octanol–water partition coefficient (Wildman–Crippen LogP) is 4.99. The zero-order chi connectivity index (χ0) is 14.7. The van der Waals surface area contributed by atoms with Crippen LogP contribution >= 0.6 is 23.2 Å². The van der Waals surface area contributed by atoms with Gasteiger partial charge in [-0.2, -0.15) is 5.10 Å². The molecule has 2 aromatic carbocycles. The number of benzene rings is 2. The molecule has 1 N–H and O–H groups in total. The minimum absolute atomic E-state index is 0.487. The topological polar surface area (TPSA) is 37.3 Å². The van der Waals surface area contributed by atoms with Gasteiger partial charge < -0.3 is 0 Å². The third-order valence-electron chi connectivity index (χ3n) is 3.00. The molecule has 3 aromatic rings. The summed E-state index contributed by atoms with van der Waals surface area (Å²) in [5.41, 5.74) is 5.45. The summed E-state index contributed by atoms with van der Waals surface area (Å²) in [6, 6.07) is 15.2. The number of pyridine rings is 1. The molecule has 1 aromatic heterocycles. The fraction of sp³-hybridized carbons (Fsp3) is 0. The maximum absolute atomic E-state index is 6.11. The number of halogens is 2. The monoisotopic (exact) mass is 315 g/mol. The lowest BCUT2D eigenvalue weighted by Gasteiger charge is -2.04. The van der Waals surface area contributed by atoms with Crippen LogP contribution in [-0.4, -0.2) is 11.2 Å². The third kappa shape index (κ3) is 2.99. The van der Waals surface area contributed by atoms with E-state index < -0.39 is 0 Å². The van der Waals surface area contributed by atoms with E-state index in [1.165, 1.54) is 0 Å². The number of hydrazone groups is 1. The van der Waals surface area contributed by atoms with Crippen molar-refractivity contribution in [2.75, 3.05) is 5.43 Å². The molecule has 104 valence electrons. The molecule has 1 heterocycles. The molecule has 3 nitrogen and oxygen atoms in total. The second-order valence-corrected chi connectivity index (χ2v) is 5.18. The van der Waals surface area contributed by atoms with Crippen LogP contribution in [0.25, 0.3) is 10.9 Å². The van der Waals surface area contributed by atoms with Gasteiger partial charge in [-0.05, 0) is 18.2 Å². The first kappa shape index (κ1) is 13.9. The third-order valence-corrected chi connectivity index (χ3v) is 3.84. The summed E-state index contributed by atoms with van der Waals surface area (Å²) in [5.74, 6) is 0. The Morgan fingerprint density at radius 3 is 2.71 bits per heavy atom. The van der Waals surface area contributed by atoms with E-state index in [1.54, 1.807) is 18.5 Å². The van der Waals surface area contributed by atoms with Crippen molar-refractivity contribution in [2.45, 2.75) is 0 Å². The normalized spacial score (nSPS) is 11.1. The van der Waals surface area contributed by atoms with Crippen molar-refractivity contribution in [3.8, 4) is 0 Å². The molecule has 0 aliphatic rings. The molecule has 0 bridgehead atoms. The summed E-state index contributed by atoms with van der Waals surface area (Å²) in [5, 5.41) is 6.25. The summed E-state index contributed by atoms with van der Waals surface area (Å²) >= 11 is 12.1. The minimum Gasteiger partial charge on any atom is -0.276 e. The van der Waals surface area contributed by atoms with E-state index in [0.29, 0.717) is 10.0 Å². The zero-order valence-corrected chi connectivity index (χ0v) is 12.4. The van der Waals surface area contributed by atoms with E-state index in [1.807, 2.05) is 42.5 Å². The van der Waals surface area contributed by atoms with Gasteiger partial charge in [0.1, 0.15) is 0 Å². The maximum atomic E-state index is 6.11. The van der Waals surface area contributed by atoms with E-state index in [4.69, 9.17) is 23.2 Å². The zero-order valence-electron chi connectivity index (χ0n) is 10.9. The van der Waals surface area contributed by atoms with Gasteiger partial charge in [0.2, 0.25) is 0 Å². The summed E-state index contributed by atoms with van der Waals surface area (Å²) in [4.78, 5) is 4.35. The van der Waals surface area contributed by atoms with Crippen molar-refractivity contribution >= 4 is 46.0 Å². The van der Waals surface area contributed by atoms with E-state index in [-0.39, 0.29) is 0 Å². The maximum Gasteiger partial charge on any atom is 0.0951 e. The Morgan fingerprint density at radius 2 is 1.81 bits per heavy atom. The van der Waals surface area contributed by atoms with Gasteiger partial charge in [0.15, 0.2) is 0 Å².